The van der Waals surface area contributed by atoms with Gasteiger partial charge in [-0.3, -0.25) is 9.36 Å². The molecule has 1 atom stereocenters. The number of carboxylic acid groups (broad SMARTS) is 1. The van der Waals surface area contributed by atoms with E-state index in [4.69, 9.17) is 9.47 Å². The van der Waals surface area contributed by atoms with Gasteiger partial charge in [-0.1, -0.05) is 50.6 Å². The molecule has 43 heavy (non-hydrogen) atoms. The summed E-state index contributed by atoms with van der Waals surface area (Å²) in [6.07, 6.45) is 6.03. The Balaban J connectivity index is 1.50. The maximum atomic E-state index is 14.3. The van der Waals surface area contributed by atoms with Gasteiger partial charge in [-0.2, -0.15) is 10.4 Å². The topological polar surface area (TPSA) is 119 Å². The number of aryl methyl sites for hydroxylation is 1. The second-order valence-corrected chi connectivity index (χ2v) is 11.1. The first-order valence-electron chi connectivity index (χ1n) is 15.0. The lowest BCUT2D eigenvalue weighted by atomic mass is 9.92. The molecule has 0 bridgehead atoms. The van der Waals surface area contributed by atoms with E-state index in [0.717, 1.165) is 47.3 Å². The quantitative estimate of drug-likeness (QED) is 0.232. The molecule has 2 heterocycles. The highest BCUT2D eigenvalue weighted by atomic mass is 16.5. The zero-order chi connectivity index (χ0) is 30.5. The number of methoxy groups -OCH3 is 1. The van der Waals surface area contributed by atoms with Crippen LogP contribution in [0.2, 0.25) is 0 Å². The summed E-state index contributed by atoms with van der Waals surface area (Å²) in [5, 5.41) is 23.7. The molecule has 1 fully saturated rings. The number of benzene rings is 2. The first kappa shape index (κ1) is 30.1. The first-order chi connectivity index (χ1) is 20.9. The van der Waals surface area contributed by atoms with Crippen LogP contribution in [0.25, 0.3) is 16.8 Å². The van der Waals surface area contributed by atoms with Crippen molar-refractivity contribution in [3.8, 4) is 22.9 Å². The van der Waals surface area contributed by atoms with E-state index < -0.39 is 12.1 Å². The number of aliphatic carboxylic acids is 1. The van der Waals surface area contributed by atoms with Gasteiger partial charge in [0.05, 0.1) is 36.7 Å². The second kappa shape index (κ2) is 13.3. The number of nitrogens with zero attached hydrogens (tertiary/aromatic N) is 4. The third kappa shape index (κ3) is 6.06. The zero-order valence-electron chi connectivity index (χ0n) is 25.0. The van der Waals surface area contributed by atoms with Gasteiger partial charge < -0.3 is 14.6 Å². The molecule has 1 aliphatic carbocycles. The van der Waals surface area contributed by atoms with Crippen molar-refractivity contribution in [2.24, 2.45) is 0 Å². The van der Waals surface area contributed by atoms with Gasteiger partial charge in [0.1, 0.15) is 11.4 Å². The third-order valence-electron chi connectivity index (χ3n) is 8.43. The minimum Gasteiger partial charge on any atom is -0.496 e. The standard InChI is InChI=1S/C34H38N4O5/c1-4-8-29-28(19-22-11-16-27(31(20-22)42-3)26-10-7-6-9-23(26)21-35)33(39)37(32-17-18-36-38(29)32)24-12-14-25(15-13-24)43-30(5-2)34(40)41/h6-7,9-11,16-18,20,24-25,30H,4-5,8,12-15,19H2,1-3H3,(H,40,41). The monoisotopic (exact) mass is 582 g/mol. The maximum absolute atomic E-state index is 14.3. The zero-order valence-corrected chi connectivity index (χ0v) is 25.0. The fraction of sp³-hybridized carbons (Fsp3) is 0.412. The number of fused-ring (bicyclic) bond motifs is 1. The minimum atomic E-state index is -0.933. The van der Waals surface area contributed by atoms with Gasteiger partial charge in [-0.25, -0.2) is 9.31 Å². The Morgan fingerprint density at radius 1 is 1.12 bits per heavy atom. The second-order valence-electron chi connectivity index (χ2n) is 11.1. The minimum absolute atomic E-state index is 0.0179. The van der Waals surface area contributed by atoms with Crippen molar-refractivity contribution in [2.75, 3.05) is 7.11 Å². The van der Waals surface area contributed by atoms with E-state index in [-0.39, 0.29) is 17.7 Å². The SMILES string of the molecule is CCCc1c(Cc2ccc(-c3ccccc3C#N)c(OC)c2)c(=O)n(C2CCC(OC(CC)C(=O)O)CC2)c2ccnn12. The van der Waals surface area contributed by atoms with Crippen molar-refractivity contribution in [3.05, 3.63) is 87.5 Å². The molecule has 0 spiro atoms. The largest absolute Gasteiger partial charge is 0.496 e. The molecule has 224 valence electrons. The molecular formula is C34H38N4O5. The Bertz CT molecular complexity index is 1710. The van der Waals surface area contributed by atoms with Gasteiger partial charge in [0, 0.05) is 35.2 Å². The molecule has 1 saturated carbocycles. The van der Waals surface area contributed by atoms with Crippen LogP contribution < -0.4 is 10.3 Å². The molecule has 2 aromatic heterocycles. The Labute approximate surface area is 251 Å². The van der Waals surface area contributed by atoms with Gasteiger partial charge in [-0.05, 0) is 56.2 Å². The van der Waals surface area contributed by atoms with Crippen LogP contribution in [0.4, 0.5) is 0 Å². The van der Waals surface area contributed by atoms with Gasteiger partial charge in [0.2, 0.25) is 0 Å². The predicted molar refractivity (Wildman–Crippen MR) is 163 cm³/mol. The number of ether oxygens (including phenoxy) is 2. The van der Waals surface area contributed by atoms with Gasteiger partial charge >= 0.3 is 5.97 Å². The number of hydrogen-bond donors (Lipinski definition) is 1. The Kier molecular flexibility index (Phi) is 9.27. The Morgan fingerprint density at radius 2 is 1.88 bits per heavy atom. The van der Waals surface area contributed by atoms with Gasteiger partial charge in [-0.15, -0.1) is 0 Å². The molecule has 9 heteroatoms. The first-order valence-corrected chi connectivity index (χ1v) is 15.0. The van der Waals surface area contributed by atoms with Crippen LogP contribution in [0.5, 0.6) is 5.75 Å². The fourth-order valence-electron chi connectivity index (χ4n) is 6.30. The number of nitriles is 1. The molecule has 0 aliphatic heterocycles. The predicted octanol–water partition coefficient (Wildman–Crippen LogP) is 5.95. The van der Waals surface area contributed by atoms with Crippen molar-refractivity contribution in [2.45, 2.75) is 83.5 Å². The highest BCUT2D eigenvalue weighted by Crippen LogP contribution is 2.35. The summed E-state index contributed by atoms with van der Waals surface area (Å²) in [7, 11) is 1.61. The summed E-state index contributed by atoms with van der Waals surface area (Å²) < 4.78 is 15.5. The molecule has 5 rings (SSSR count). The number of carboxylic acids is 1. The van der Waals surface area contributed by atoms with E-state index >= 15 is 0 Å². The Hall–Kier alpha value is -4.42. The third-order valence-corrected chi connectivity index (χ3v) is 8.43. The molecule has 0 amide bonds. The highest BCUT2D eigenvalue weighted by Gasteiger charge is 2.30. The van der Waals surface area contributed by atoms with E-state index in [9.17, 15) is 20.0 Å². The lowest BCUT2D eigenvalue weighted by molar-refractivity contribution is -0.156. The average Bonchev–Trinajstić information content (AvgIpc) is 3.51. The van der Waals surface area contributed by atoms with Gasteiger partial charge in [0.15, 0.2) is 6.10 Å². The summed E-state index contributed by atoms with van der Waals surface area (Å²) in [6.45, 7) is 3.91. The molecule has 0 saturated heterocycles. The molecule has 1 N–H and O–H groups in total. The smallest absolute Gasteiger partial charge is 0.332 e. The average molecular weight is 583 g/mol. The molecule has 9 nitrogen and oxygen atoms in total. The highest BCUT2D eigenvalue weighted by molar-refractivity contribution is 5.76. The summed E-state index contributed by atoms with van der Waals surface area (Å²) >= 11 is 0. The van der Waals surface area contributed by atoms with E-state index in [1.165, 1.54) is 0 Å². The van der Waals surface area contributed by atoms with E-state index in [2.05, 4.69) is 18.1 Å². The van der Waals surface area contributed by atoms with Crippen LogP contribution in [-0.2, 0) is 22.4 Å². The number of hydrogen-bond acceptors (Lipinski definition) is 6. The maximum Gasteiger partial charge on any atom is 0.332 e. The van der Waals surface area contributed by atoms with E-state index in [1.807, 2.05) is 58.5 Å². The molecule has 0 radical (unpaired) electrons. The molecule has 4 aromatic rings. The number of carbonyl (C=O) groups is 1. The van der Waals surface area contributed by atoms with E-state index in [0.29, 0.717) is 49.0 Å². The van der Waals surface area contributed by atoms with Gasteiger partial charge in [0.25, 0.3) is 5.56 Å². The lowest BCUT2D eigenvalue weighted by Gasteiger charge is -2.32. The van der Waals surface area contributed by atoms with Crippen LogP contribution >= 0.6 is 0 Å². The van der Waals surface area contributed by atoms with E-state index in [1.54, 1.807) is 19.4 Å². The van der Waals surface area contributed by atoms with Crippen molar-refractivity contribution < 1.29 is 19.4 Å². The molecule has 1 aliphatic rings. The van der Waals surface area contributed by atoms with Crippen molar-refractivity contribution in [1.29, 1.82) is 5.26 Å². The molecule has 1 unspecified atom stereocenters. The van der Waals surface area contributed by atoms with Crippen LogP contribution in [0, 0.1) is 11.3 Å². The fourth-order valence-corrected chi connectivity index (χ4v) is 6.30. The molecule has 2 aromatic carbocycles. The van der Waals surface area contributed by atoms with Crippen LogP contribution in [0.3, 0.4) is 0 Å². The summed E-state index contributed by atoms with van der Waals surface area (Å²) in [4.78, 5) is 25.8. The van der Waals surface area contributed by atoms with Crippen molar-refractivity contribution in [3.63, 3.8) is 0 Å². The Morgan fingerprint density at radius 3 is 2.56 bits per heavy atom. The van der Waals surface area contributed by atoms with Crippen molar-refractivity contribution in [1.82, 2.24) is 14.2 Å². The molecular weight excluding hydrogens is 544 g/mol. The number of aromatic nitrogens is 3. The van der Waals surface area contributed by atoms with Crippen LogP contribution in [0.15, 0.2) is 59.5 Å². The van der Waals surface area contributed by atoms with Crippen molar-refractivity contribution >= 4 is 11.6 Å². The van der Waals surface area contributed by atoms with Crippen LogP contribution in [-0.4, -0.2) is 44.6 Å². The van der Waals surface area contributed by atoms with Crippen LogP contribution in [0.1, 0.15) is 80.8 Å². The lowest BCUT2D eigenvalue weighted by Crippen LogP contribution is -2.36. The summed E-state index contributed by atoms with van der Waals surface area (Å²) in [5.41, 5.74) is 5.50. The number of rotatable bonds is 11. The summed E-state index contributed by atoms with van der Waals surface area (Å²) in [6, 6.07) is 17.4. The summed E-state index contributed by atoms with van der Waals surface area (Å²) in [5.74, 6) is -0.292. The normalized spacial score (nSPS) is 17.4.